The Morgan fingerprint density at radius 3 is 2.44 bits per heavy atom. The highest BCUT2D eigenvalue weighted by molar-refractivity contribution is 5.96. The molecule has 0 atom stereocenters. The number of likely N-dealkylation sites (tertiary alicyclic amines) is 1. The largest absolute Gasteiger partial charge is 0.497 e. The Labute approximate surface area is 147 Å². The van der Waals surface area contributed by atoms with Crippen LogP contribution in [0.4, 0.5) is 17.1 Å². The lowest BCUT2D eigenvalue weighted by molar-refractivity contribution is 0.0793. The third kappa shape index (κ3) is 3.63. The van der Waals surface area contributed by atoms with Crippen molar-refractivity contribution in [3.8, 4) is 11.5 Å². The van der Waals surface area contributed by atoms with Gasteiger partial charge in [-0.15, -0.1) is 0 Å². The van der Waals surface area contributed by atoms with Gasteiger partial charge in [-0.1, -0.05) is 0 Å². The second-order valence-electron chi connectivity index (χ2n) is 5.99. The van der Waals surface area contributed by atoms with E-state index in [1.165, 1.54) is 0 Å². The maximum Gasteiger partial charge on any atom is 0.253 e. The van der Waals surface area contributed by atoms with Crippen molar-refractivity contribution in [3.05, 3.63) is 42.0 Å². The summed E-state index contributed by atoms with van der Waals surface area (Å²) in [6.45, 7) is 1.64. The van der Waals surface area contributed by atoms with Crippen molar-refractivity contribution in [2.45, 2.75) is 12.8 Å². The summed E-state index contributed by atoms with van der Waals surface area (Å²) in [5.41, 5.74) is 8.74. The normalized spacial score (nSPS) is 13.6. The molecule has 3 rings (SSSR count). The molecule has 0 aromatic heterocycles. The minimum absolute atomic E-state index is 0.0368. The Hall–Kier alpha value is -2.89. The van der Waals surface area contributed by atoms with Crippen LogP contribution in [0.15, 0.2) is 36.4 Å². The summed E-state index contributed by atoms with van der Waals surface area (Å²) in [4.78, 5) is 14.3. The number of hydrogen-bond donors (Lipinski definition) is 2. The first-order chi connectivity index (χ1) is 12.1. The predicted octanol–water partition coefficient (Wildman–Crippen LogP) is 3.27. The number of methoxy groups -OCH3 is 2. The molecule has 0 radical (unpaired) electrons. The quantitative estimate of drug-likeness (QED) is 0.816. The molecular formula is C19H23N3O3. The predicted molar refractivity (Wildman–Crippen MR) is 98.8 cm³/mol. The molecule has 1 heterocycles. The molecule has 0 spiro atoms. The van der Waals surface area contributed by atoms with E-state index in [-0.39, 0.29) is 5.91 Å². The molecule has 3 N–H and O–H groups in total. The van der Waals surface area contributed by atoms with E-state index in [9.17, 15) is 4.79 Å². The van der Waals surface area contributed by atoms with Gasteiger partial charge in [0.25, 0.3) is 5.91 Å². The van der Waals surface area contributed by atoms with Crippen LogP contribution in [0.25, 0.3) is 0 Å². The van der Waals surface area contributed by atoms with E-state index in [4.69, 9.17) is 15.2 Å². The van der Waals surface area contributed by atoms with Gasteiger partial charge >= 0.3 is 0 Å². The smallest absolute Gasteiger partial charge is 0.253 e. The zero-order chi connectivity index (χ0) is 17.8. The molecular weight excluding hydrogens is 318 g/mol. The van der Waals surface area contributed by atoms with Gasteiger partial charge in [0.1, 0.15) is 11.5 Å². The van der Waals surface area contributed by atoms with Crippen LogP contribution in [-0.4, -0.2) is 38.1 Å². The first-order valence-corrected chi connectivity index (χ1v) is 8.30. The van der Waals surface area contributed by atoms with Gasteiger partial charge in [-0.3, -0.25) is 4.79 Å². The molecule has 2 aromatic rings. The van der Waals surface area contributed by atoms with Crippen molar-refractivity contribution in [2.75, 3.05) is 38.4 Å². The van der Waals surface area contributed by atoms with Crippen molar-refractivity contribution < 1.29 is 14.3 Å². The Morgan fingerprint density at radius 2 is 1.80 bits per heavy atom. The van der Waals surface area contributed by atoms with Gasteiger partial charge in [0.15, 0.2) is 0 Å². The first kappa shape index (κ1) is 17.0. The average Bonchev–Trinajstić information content (AvgIpc) is 3.17. The fraction of sp³-hybridized carbons (Fsp3) is 0.316. The van der Waals surface area contributed by atoms with Gasteiger partial charge in [0, 0.05) is 24.7 Å². The number of nitrogens with zero attached hydrogens (tertiary/aromatic N) is 1. The van der Waals surface area contributed by atoms with Crippen LogP contribution in [-0.2, 0) is 0 Å². The number of rotatable bonds is 5. The molecule has 1 aliphatic heterocycles. The van der Waals surface area contributed by atoms with Gasteiger partial charge in [0.05, 0.1) is 31.3 Å². The molecule has 1 aliphatic rings. The molecule has 0 aliphatic carbocycles. The minimum Gasteiger partial charge on any atom is -0.497 e. The van der Waals surface area contributed by atoms with Crippen LogP contribution in [0.5, 0.6) is 11.5 Å². The van der Waals surface area contributed by atoms with Crippen LogP contribution in [0.1, 0.15) is 23.2 Å². The van der Waals surface area contributed by atoms with Gasteiger partial charge < -0.3 is 25.4 Å². The van der Waals surface area contributed by atoms with Gasteiger partial charge in [-0.2, -0.15) is 0 Å². The van der Waals surface area contributed by atoms with E-state index in [1.807, 2.05) is 29.2 Å². The number of benzene rings is 2. The number of carbonyl (C=O) groups excluding carboxylic acids is 1. The lowest BCUT2D eigenvalue weighted by atomic mass is 10.1. The molecule has 1 fully saturated rings. The molecule has 2 aromatic carbocycles. The standard InChI is InChI=1S/C19H23N3O3/c1-24-14-6-8-18(25-2)17(12-14)21-16-7-5-13(11-15(16)20)19(23)22-9-3-4-10-22/h5-8,11-12,21H,3-4,9-10,20H2,1-2H3. The van der Waals surface area contributed by atoms with Crippen LogP contribution >= 0.6 is 0 Å². The van der Waals surface area contributed by atoms with Crippen LogP contribution < -0.4 is 20.5 Å². The molecule has 132 valence electrons. The van der Waals surface area contributed by atoms with Crippen molar-refractivity contribution in [3.63, 3.8) is 0 Å². The first-order valence-electron chi connectivity index (χ1n) is 8.30. The van der Waals surface area contributed by atoms with E-state index in [0.717, 1.165) is 31.6 Å². The Balaban J connectivity index is 1.83. The second kappa shape index (κ2) is 7.34. The molecule has 0 saturated carbocycles. The van der Waals surface area contributed by atoms with Crippen LogP contribution in [0, 0.1) is 0 Å². The molecule has 1 amide bonds. The highest BCUT2D eigenvalue weighted by Crippen LogP contribution is 2.33. The molecule has 6 nitrogen and oxygen atoms in total. The van der Waals surface area contributed by atoms with E-state index in [2.05, 4.69) is 5.32 Å². The van der Waals surface area contributed by atoms with E-state index < -0.39 is 0 Å². The Kier molecular flexibility index (Phi) is 4.97. The van der Waals surface area contributed by atoms with Crippen molar-refractivity contribution in [1.82, 2.24) is 4.90 Å². The maximum atomic E-state index is 12.5. The number of anilines is 3. The summed E-state index contributed by atoms with van der Waals surface area (Å²) in [5, 5.41) is 3.25. The molecule has 6 heteroatoms. The van der Waals surface area contributed by atoms with Crippen LogP contribution in [0.3, 0.4) is 0 Å². The summed E-state index contributed by atoms with van der Waals surface area (Å²) in [5.74, 6) is 1.43. The number of ether oxygens (including phenoxy) is 2. The third-order valence-electron chi connectivity index (χ3n) is 4.37. The number of nitrogen functional groups attached to an aromatic ring is 1. The SMILES string of the molecule is COc1ccc(OC)c(Nc2ccc(C(=O)N3CCCC3)cc2N)c1. The van der Waals surface area contributed by atoms with Crippen molar-refractivity contribution in [2.24, 2.45) is 0 Å². The summed E-state index contributed by atoms with van der Waals surface area (Å²) >= 11 is 0. The fourth-order valence-electron chi connectivity index (χ4n) is 2.97. The highest BCUT2D eigenvalue weighted by atomic mass is 16.5. The van der Waals surface area contributed by atoms with E-state index in [0.29, 0.717) is 28.4 Å². The lowest BCUT2D eigenvalue weighted by Gasteiger charge is -2.17. The summed E-state index contributed by atoms with van der Waals surface area (Å²) in [6.07, 6.45) is 2.13. The minimum atomic E-state index is 0.0368. The third-order valence-corrected chi connectivity index (χ3v) is 4.37. The summed E-state index contributed by atoms with van der Waals surface area (Å²) in [7, 11) is 3.22. The van der Waals surface area contributed by atoms with Crippen LogP contribution in [0.2, 0.25) is 0 Å². The number of nitrogens with one attached hydrogen (secondary N) is 1. The molecule has 0 bridgehead atoms. The number of carbonyl (C=O) groups is 1. The average molecular weight is 341 g/mol. The highest BCUT2D eigenvalue weighted by Gasteiger charge is 2.20. The topological polar surface area (TPSA) is 76.8 Å². The zero-order valence-electron chi connectivity index (χ0n) is 14.5. The maximum absolute atomic E-state index is 12.5. The number of nitrogens with two attached hydrogens (primary N) is 1. The Morgan fingerprint density at radius 1 is 1.04 bits per heavy atom. The molecule has 25 heavy (non-hydrogen) atoms. The fourth-order valence-corrected chi connectivity index (χ4v) is 2.97. The summed E-state index contributed by atoms with van der Waals surface area (Å²) in [6, 6.07) is 10.8. The monoisotopic (exact) mass is 341 g/mol. The summed E-state index contributed by atoms with van der Waals surface area (Å²) < 4.78 is 10.6. The van der Waals surface area contributed by atoms with Gasteiger partial charge in [-0.25, -0.2) is 0 Å². The lowest BCUT2D eigenvalue weighted by Crippen LogP contribution is -2.27. The number of hydrogen-bond acceptors (Lipinski definition) is 5. The van der Waals surface area contributed by atoms with E-state index >= 15 is 0 Å². The molecule has 0 unspecified atom stereocenters. The van der Waals surface area contributed by atoms with E-state index in [1.54, 1.807) is 26.4 Å². The second-order valence-corrected chi connectivity index (χ2v) is 5.99. The van der Waals surface area contributed by atoms with Gasteiger partial charge in [-0.05, 0) is 43.2 Å². The Bertz CT molecular complexity index is 771. The van der Waals surface area contributed by atoms with Crippen molar-refractivity contribution >= 4 is 23.0 Å². The van der Waals surface area contributed by atoms with Gasteiger partial charge in [0.2, 0.25) is 0 Å². The van der Waals surface area contributed by atoms with Crippen molar-refractivity contribution in [1.29, 1.82) is 0 Å². The zero-order valence-corrected chi connectivity index (χ0v) is 14.5. The molecule has 1 saturated heterocycles. The number of amides is 1.